The van der Waals surface area contributed by atoms with E-state index in [1.807, 2.05) is 13.0 Å². The first-order chi connectivity index (χ1) is 11.8. The molecule has 2 aromatic carbocycles. The van der Waals surface area contributed by atoms with Crippen molar-refractivity contribution in [3.8, 4) is 0 Å². The molecule has 0 aliphatic heterocycles. The molecular formula is C16H14BrN3O5. The van der Waals surface area contributed by atoms with E-state index >= 15 is 0 Å². The fraction of sp³-hybridized carbons (Fsp3) is 0.125. The molecule has 0 aromatic heterocycles. The molecule has 8 nitrogen and oxygen atoms in total. The van der Waals surface area contributed by atoms with Crippen molar-refractivity contribution in [1.29, 1.82) is 0 Å². The lowest BCUT2D eigenvalue weighted by molar-refractivity contribution is -0.383. The SMILES string of the molecule is Cc1ccc(NC(=O)COC(=O)c2ccc(N)c([N+](=O)[O-])c2)cc1Br. The average molecular weight is 408 g/mol. The first kappa shape index (κ1) is 18.4. The molecule has 2 aromatic rings. The molecule has 130 valence electrons. The van der Waals surface area contributed by atoms with Gasteiger partial charge in [0.1, 0.15) is 5.69 Å². The Morgan fingerprint density at radius 1 is 1.28 bits per heavy atom. The maximum absolute atomic E-state index is 11.9. The first-order valence-corrected chi connectivity index (χ1v) is 7.84. The van der Waals surface area contributed by atoms with Gasteiger partial charge in [0.25, 0.3) is 11.6 Å². The van der Waals surface area contributed by atoms with E-state index in [4.69, 9.17) is 10.5 Å². The Hall–Kier alpha value is -2.94. The lowest BCUT2D eigenvalue weighted by Crippen LogP contribution is -2.21. The number of nitrogens with zero attached hydrogens (tertiary/aromatic N) is 1. The summed E-state index contributed by atoms with van der Waals surface area (Å²) in [5, 5.41) is 13.4. The number of nitro benzene ring substituents is 1. The molecule has 0 spiro atoms. The molecule has 9 heteroatoms. The van der Waals surface area contributed by atoms with Crippen LogP contribution >= 0.6 is 15.9 Å². The molecule has 0 fully saturated rings. The van der Waals surface area contributed by atoms with Crippen LogP contribution in [-0.2, 0) is 9.53 Å². The minimum atomic E-state index is -0.858. The first-order valence-electron chi connectivity index (χ1n) is 7.05. The van der Waals surface area contributed by atoms with Crippen molar-refractivity contribution in [2.75, 3.05) is 17.7 Å². The summed E-state index contributed by atoms with van der Waals surface area (Å²) >= 11 is 3.35. The van der Waals surface area contributed by atoms with Gasteiger partial charge in [-0.15, -0.1) is 0 Å². The average Bonchev–Trinajstić information content (AvgIpc) is 2.56. The second-order valence-corrected chi connectivity index (χ2v) is 5.97. The van der Waals surface area contributed by atoms with Crippen molar-refractivity contribution in [2.45, 2.75) is 6.92 Å². The number of nitrogen functional groups attached to an aromatic ring is 1. The number of carbonyl (C=O) groups excluding carboxylic acids is 2. The number of ether oxygens (including phenoxy) is 1. The molecule has 0 aliphatic rings. The van der Waals surface area contributed by atoms with E-state index in [2.05, 4.69) is 21.2 Å². The van der Waals surface area contributed by atoms with Crippen molar-refractivity contribution >= 4 is 44.9 Å². The number of nitro groups is 1. The van der Waals surface area contributed by atoms with Crippen LogP contribution in [0, 0.1) is 17.0 Å². The highest BCUT2D eigenvalue weighted by atomic mass is 79.9. The predicted octanol–water partition coefficient (Wildman–Crippen LogP) is 3.04. The van der Waals surface area contributed by atoms with E-state index in [1.54, 1.807) is 12.1 Å². The molecule has 0 radical (unpaired) electrons. The maximum atomic E-state index is 11.9. The van der Waals surface area contributed by atoms with Crippen molar-refractivity contribution in [1.82, 2.24) is 0 Å². The topological polar surface area (TPSA) is 125 Å². The van der Waals surface area contributed by atoms with E-state index in [9.17, 15) is 19.7 Å². The van der Waals surface area contributed by atoms with E-state index in [-0.39, 0.29) is 11.3 Å². The van der Waals surface area contributed by atoms with Crippen LogP contribution in [-0.4, -0.2) is 23.4 Å². The van der Waals surface area contributed by atoms with Crippen molar-refractivity contribution in [3.63, 3.8) is 0 Å². The lowest BCUT2D eigenvalue weighted by Gasteiger charge is -2.08. The van der Waals surface area contributed by atoms with Crippen molar-refractivity contribution < 1.29 is 19.2 Å². The molecule has 0 aliphatic carbocycles. The highest BCUT2D eigenvalue weighted by Crippen LogP contribution is 2.23. The van der Waals surface area contributed by atoms with Crippen LogP contribution in [0.2, 0.25) is 0 Å². The Labute approximate surface area is 151 Å². The number of esters is 1. The summed E-state index contributed by atoms with van der Waals surface area (Å²) in [6, 6.07) is 8.78. The number of anilines is 2. The van der Waals surface area contributed by atoms with Crippen LogP contribution in [0.3, 0.4) is 0 Å². The maximum Gasteiger partial charge on any atom is 0.338 e. The Bertz CT molecular complexity index is 854. The number of hydrogen-bond acceptors (Lipinski definition) is 6. The third-order valence-electron chi connectivity index (χ3n) is 3.25. The summed E-state index contributed by atoms with van der Waals surface area (Å²) in [4.78, 5) is 33.9. The molecule has 1 amide bonds. The molecule has 0 saturated carbocycles. The van der Waals surface area contributed by atoms with Gasteiger partial charge in [-0.25, -0.2) is 4.79 Å². The molecule has 0 saturated heterocycles. The number of carbonyl (C=O) groups is 2. The minimum Gasteiger partial charge on any atom is -0.452 e. The van der Waals surface area contributed by atoms with Crippen LogP contribution in [0.1, 0.15) is 15.9 Å². The molecule has 0 atom stereocenters. The Balaban J connectivity index is 1.97. The molecule has 2 rings (SSSR count). The second kappa shape index (κ2) is 7.75. The molecule has 3 N–H and O–H groups in total. The van der Waals surface area contributed by atoms with Crippen LogP contribution in [0.25, 0.3) is 0 Å². The van der Waals surface area contributed by atoms with Crippen LogP contribution in [0.4, 0.5) is 17.1 Å². The van der Waals surface area contributed by atoms with Gasteiger partial charge < -0.3 is 15.8 Å². The lowest BCUT2D eigenvalue weighted by atomic mass is 10.2. The van der Waals surface area contributed by atoms with Gasteiger partial charge in [0.15, 0.2) is 6.61 Å². The zero-order valence-corrected chi connectivity index (χ0v) is 14.7. The number of hydrogen-bond donors (Lipinski definition) is 2. The van der Waals surface area contributed by atoms with Gasteiger partial charge in [-0.1, -0.05) is 22.0 Å². The Kier molecular flexibility index (Phi) is 5.71. The summed E-state index contributed by atoms with van der Waals surface area (Å²) < 4.78 is 5.69. The monoisotopic (exact) mass is 407 g/mol. The van der Waals surface area contributed by atoms with Gasteiger partial charge in [0.05, 0.1) is 10.5 Å². The molecule has 0 heterocycles. The fourth-order valence-corrected chi connectivity index (χ4v) is 2.29. The number of amides is 1. The summed E-state index contributed by atoms with van der Waals surface area (Å²) in [6.45, 7) is 1.38. The number of halogens is 1. The van der Waals surface area contributed by atoms with Gasteiger partial charge in [-0.2, -0.15) is 0 Å². The van der Waals surface area contributed by atoms with E-state index in [0.717, 1.165) is 16.1 Å². The van der Waals surface area contributed by atoms with Gasteiger partial charge in [-0.3, -0.25) is 14.9 Å². The standard InChI is InChI=1S/C16H14BrN3O5/c1-9-2-4-11(7-12(9)17)19-15(21)8-25-16(22)10-3-5-13(18)14(6-10)20(23)24/h2-7H,8,18H2,1H3,(H,19,21). The van der Waals surface area contributed by atoms with E-state index in [0.29, 0.717) is 5.69 Å². The zero-order valence-electron chi connectivity index (χ0n) is 13.1. The molecule has 25 heavy (non-hydrogen) atoms. The van der Waals surface area contributed by atoms with Crippen molar-refractivity contribution in [2.24, 2.45) is 0 Å². The van der Waals surface area contributed by atoms with Gasteiger partial charge >= 0.3 is 5.97 Å². The molecular weight excluding hydrogens is 394 g/mol. The Morgan fingerprint density at radius 3 is 2.64 bits per heavy atom. The van der Waals surface area contributed by atoms with Gasteiger partial charge in [0, 0.05) is 16.2 Å². The van der Waals surface area contributed by atoms with Crippen LogP contribution < -0.4 is 11.1 Å². The number of rotatable bonds is 5. The van der Waals surface area contributed by atoms with Gasteiger partial charge in [0.2, 0.25) is 0 Å². The highest BCUT2D eigenvalue weighted by molar-refractivity contribution is 9.10. The summed E-state index contributed by atoms with van der Waals surface area (Å²) in [5.41, 5.74) is 6.48. The molecule has 0 unspecified atom stereocenters. The van der Waals surface area contributed by atoms with Crippen LogP contribution in [0.5, 0.6) is 0 Å². The normalized spacial score (nSPS) is 10.2. The Morgan fingerprint density at radius 2 is 2.00 bits per heavy atom. The van der Waals surface area contributed by atoms with Gasteiger partial charge in [-0.05, 0) is 36.8 Å². The smallest absolute Gasteiger partial charge is 0.338 e. The quantitative estimate of drug-likeness (QED) is 0.339. The van der Waals surface area contributed by atoms with Crippen LogP contribution in [0.15, 0.2) is 40.9 Å². The predicted molar refractivity (Wildman–Crippen MR) is 95.3 cm³/mol. The number of nitrogens with one attached hydrogen (secondary N) is 1. The summed E-state index contributed by atoms with van der Waals surface area (Å²) in [6.07, 6.45) is 0. The number of benzene rings is 2. The number of aryl methyl sites for hydroxylation is 1. The summed E-state index contributed by atoms with van der Waals surface area (Å²) in [5.74, 6) is -1.39. The fourth-order valence-electron chi connectivity index (χ4n) is 1.91. The molecule has 0 bridgehead atoms. The minimum absolute atomic E-state index is 0.0632. The van der Waals surface area contributed by atoms with E-state index < -0.39 is 29.1 Å². The van der Waals surface area contributed by atoms with E-state index in [1.165, 1.54) is 12.1 Å². The third kappa shape index (κ3) is 4.77. The highest BCUT2D eigenvalue weighted by Gasteiger charge is 2.17. The second-order valence-electron chi connectivity index (χ2n) is 5.12. The zero-order chi connectivity index (χ0) is 18.6. The van der Waals surface area contributed by atoms with Crippen molar-refractivity contribution in [3.05, 3.63) is 62.1 Å². The number of nitrogens with two attached hydrogens (primary N) is 1. The largest absolute Gasteiger partial charge is 0.452 e. The summed E-state index contributed by atoms with van der Waals surface area (Å²) in [7, 11) is 0. The third-order valence-corrected chi connectivity index (χ3v) is 4.11.